The van der Waals surface area contributed by atoms with E-state index in [-0.39, 0.29) is 5.92 Å². The normalized spacial score (nSPS) is 13.9. The lowest BCUT2D eigenvalue weighted by molar-refractivity contribution is -0.160. The number of esters is 1. The Morgan fingerprint density at radius 1 is 1.17 bits per heavy atom. The summed E-state index contributed by atoms with van der Waals surface area (Å²) in [5.41, 5.74) is 0.256. The highest BCUT2D eigenvalue weighted by Crippen LogP contribution is 2.14. The SMILES string of the molecule is CC(C)C(NC(=O)C(C=O)Cc1ccccc1)C(=O)OC(C)(C)C. The zero-order valence-corrected chi connectivity index (χ0v) is 15.0. The number of aldehydes is 1. The number of ether oxygens (including phenoxy) is 1. The van der Waals surface area contributed by atoms with Gasteiger partial charge in [0.2, 0.25) is 5.91 Å². The summed E-state index contributed by atoms with van der Waals surface area (Å²) < 4.78 is 5.35. The Morgan fingerprint density at radius 3 is 2.21 bits per heavy atom. The summed E-state index contributed by atoms with van der Waals surface area (Å²) in [7, 11) is 0. The highest BCUT2D eigenvalue weighted by Gasteiger charge is 2.31. The van der Waals surface area contributed by atoms with Crippen LogP contribution in [0.15, 0.2) is 30.3 Å². The molecule has 0 fully saturated rings. The summed E-state index contributed by atoms with van der Waals surface area (Å²) in [6, 6.07) is 8.51. The molecule has 0 aromatic heterocycles. The zero-order chi connectivity index (χ0) is 18.3. The zero-order valence-electron chi connectivity index (χ0n) is 15.0. The average Bonchev–Trinajstić information content (AvgIpc) is 2.48. The van der Waals surface area contributed by atoms with Crippen molar-refractivity contribution < 1.29 is 19.1 Å². The molecule has 132 valence electrons. The number of hydrogen-bond acceptors (Lipinski definition) is 4. The molecular weight excluding hydrogens is 306 g/mol. The van der Waals surface area contributed by atoms with Gasteiger partial charge in [0, 0.05) is 0 Å². The van der Waals surface area contributed by atoms with Gasteiger partial charge in [0.15, 0.2) is 0 Å². The van der Waals surface area contributed by atoms with Crippen LogP contribution in [0.1, 0.15) is 40.2 Å². The van der Waals surface area contributed by atoms with Crippen molar-refractivity contribution in [2.75, 3.05) is 0 Å². The Kier molecular flexibility index (Phi) is 7.14. The summed E-state index contributed by atoms with van der Waals surface area (Å²) in [6.07, 6.45) is 0.921. The topological polar surface area (TPSA) is 72.5 Å². The van der Waals surface area contributed by atoms with Crippen LogP contribution in [-0.2, 0) is 25.5 Å². The summed E-state index contributed by atoms with van der Waals surface area (Å²) in [5.74, 6) is -1.93. The Bertz CT molecular complexity index is 560. The van der Waals surface area contributed by atoms with Gasteiger partial charge in [-0.1, -0.05) is 44.2 Å². The minimum Gasteiger partial charge on any atom is -0.458 e. The Balaban J connectivity index is 2.79. The third-order valence-electron chi connectivity index (χ3n) is 3.42. The number of benzene rings is 1. The minimum absolute atomic E-state index is 0.146. The fourth-order valence-corrected chi connectivity index (χ4v) is 2.19. The van der Waals surface area contributed by atoms with E-state index in [9.17, 15) is 14.4 Å². The van der Waals surface area contributed by atoms with Gasteiger partial charge in [-0.15, -0.1) is 0 Å². The van der Waals surface area contributed by atoms with Gasteiger partial charge >= 0.3 is 5.97 Å². The lowest BCUT2D eigenvalue weighted by Gasteiger charge is -2.27. The van der Waals surface area contributed by atoms with Crippen LogP contribution in [0.2, 0.25) is 0 Å². The van der Waals surface area contributed by atoms with Gasteiger partial charge in [-0.25, -0.2) is 4.79 Å². The largest absolute Gasteiger partial charge is 0.458 e. The number of carbonyl (C=O) groups excluding carboxylic acids is 3. The molecule has 1 rings (SSSR count). The summed E-state index contributed by atoms with van der Waals surface area (Å²) in [5, 5.41) is 2.67. The van der Waals surface area contributed by atoms with E-state index >= 15 is 0 Å². The Morgan fingerprint density at radius 2 is 1.75 bits per heavy atom. The Labute approximate surface area is 143 Å². The van der Waals surface area contributed by atoms with E-state index in [1.165, 1.54) is 0 Å². The van der Waals surface area contributed by atoms with Gasteiger partial charge < -0.3 is 14.8 Å². The number of hydrogen-bond donors (Lipinski definition) is 1. The second-order valence-corrected chi connectivity index (χ2v) is 7.20. The molecule has 0 spiro atoms. The van der Waals surface area contributed by atoms with Crippen LogP contribution in [0.3, 0.4) is 0 Å². The lowest BCUT2D eigenvalue weighted by atomic mass is 9.98. The predicted octanol–water partition coefficient (Wildman–Crippen LogP) is 2.53. The van der Waals surface area contributed by atoms with Crippen molar-refractivity contribution in [2.24, 2.45) is 11.8 Å². The molecule has 1 amide bonds. The van der Waals surface area contributed by atoms with Crippen LogP contribution in [-0.4, -0.2) is 29.8 Å². The first-order valence-corrected chi connectivity index (χ1v) is 8.16. The van der Waals surface area contributed by atoms with Crippen LogP contribution in [0, 0.1) is 11.8 Å². The van der Waals surface area contributed by atoms with Crippen LogP contribution in [0.4, 0.5) is 0 Å². The molecule has 0 aliphatic carbocycles. The molecule has 5 heteroatoms. The minimum atomic E-state index is -0.837. The maximum atomic E-state index is 12.4. The van der Waals surface area contributed by atoms with Crippen molar-refractivity contribution in [2.45, 2.75) is 52.7 Å². The summed E-state index contributed by atoms with van der Waals surface area (Å²) in [4.78, 5) is 36.0. The number of amides is 1. The van der Waals surface area contributed by atoms with Crippen molar-refractivity contribution in [3.05, 3.63) is 35.9 Å². The van der Waals surface area contributed by atoms with Crippen molar-refractivity contribution in [1.29, 1.82) is 0 Å². The van der Waals surface area contributed by atoms with E-state index in [1.54, 1.807) is 20.8 Å². The number of carbonyl (C=O) groups is 3. The number of rotatable bonds is 7. The molecule has 0 radical (unpaired) electrons. The fraction of sp³-hybridized carbons (Fsp3) is 0.526. The molecule has 1 aromatic carbocycles. The van der Waals surface area contributed by atoms with E-state index in [1.807, 2.05) is 44.2 Å². The third-order valence-corrected chi connectivity index (χ3v) is 3.42. The highest BCUT2D eigenvalue weighted by molar-refractivity contribution is 5.94. The molecule has 2 atom stereocenters. The average molecular weight is 333 g/mol. The van der Waals surface area contributed by atoms with E-state index in [0.717, 1.165) is 5.56 Å². The van der Waals surface area contributed by atoms with Crippen molar-refractivity contribution in [1.82, 2.24) is 5.32 Å². The second kappa shape index (κ2) is 8.62. The molecule has 5 nitrogen and oxygen atoms in total. The smallest absolute Gasteiger partial charge is 0.329 e. The fourth-order valence-electron chi connectivity index (χ4n) is 2.19. The van der Waals surface area contributed by atoms with Crippen LogP contribution >= 0.6 is 0 Å². The monoisotopic (exact) mass is 333 g/mol. The quantitative estimate of drug-likeness (QED) is 0.473. The first-order chi connectivity index (χ1) is 11.1. The van der Waals surface area contributed by atoms with Crippen molar-refractivity contribution in [3.8, 4) is 0 Å². The van der Waals surface area contributed by atoms with Gasteiger partial charge in [0.1, 0.15) is 17.9 Å². The molecule has 2 unspecified atom stereocenters. The highest BCUT2D eigenvalue weighted by atomic mass is 16.6. The van der Waals surface area contributed by atoms with Crippen molar-refractivity contribution in [3.63, 3.8) is 0 Å². The first kappa shape index (κ1) is 19.9. The number of nitrogens with one attached hydrogen (secondary N) is 1. The molecule has 0 saturated carbocycles. The lowest BCUT2D eigenvalue weighted by Crippen LogP contribution is -2.49. The van der Waals surface area contributed by atoms with E-state index in [0.29, 0.717) is 12.7 Å². The predicted molar refractivity (Wildman–Crippen MR) is 92.3 cm³/mol. The van der Waals surface area contributed by atoms with E-state index in [2.05, 4.69) is 5.32 Å². The van der Waals surface area contributed by atoms with Crippen molar-refractivity contribution >= 4 is 18.2 Å². The Hall–Kier alpha value is -2.17. The van der Waals surface area contributed by atoms with Gasteiger partial charge in [-0.3, -0.25) is 4.79 Å². The standard InChI is InChI=1S/C19H27NO4/c1-13(2)16(18(23)24-19(3,4)5)20-17(22)15(12-21)11-14-9-7-6-8-10-14/h6-10,12-13,15-16H,11H2,1-5H3,(H,20,22). The van der Waals surface area contributed by atoms with Gasteiger partial charge in [0.25, 0.3) is 0 Å². The molecule has 0 bridgehead atoms. The van der Waals surface area contributed by atoms with E-state index in [4.69, 9.17) is 4.74 Å². The molecule has 0 saturated heterocycles. The van der Waals surface area contributed by atoms with Crippen LogP contribution < -0.4 is 5.32 Å². The maximum absolute atomic E-state index is 12.4. The van der Waals surface area contributed by atoms with Gasteiger partial charge in [-0.2, -0.15) is 0 Å². The molecule has 1 aromatic rings. The van der Waals surface area contributed by atoms with E-state index < -0.39 is 29.4 Å². The van der Waals surface area contributed by atoms with Gasteiger partial charge in [-0.05, 0) is 38.7 Å². The second-order valence-electron chi connectivity index (χ2n) is 7.20. The molecule has 24 heavy (non-hydrogen) atoms. The molecule has 0 aliphatic heterocycles. The first-order valence-electron chi connectivity index (χ1n) is 8.16. The molecule has 1 N–H and O–H groups in total. The third kappa shape index (κ3) is 6.52. The van der Waals surface area contributed by atoms with Crippen LogP contribution in [0.25, 0.3) is 0 Å². The summed E-state index contributed by atoms with van der Waals surface area (Å²) in [6.45, 7) is 8.96. The van der Waals surface area contributed by atoms with Crippen LogP contribution in [0.5, 0.6) is 0 Å². The van der Waals surface area contributed by atoms with Gasteiger partial charge in [0.05, 0.1) is 5.92 Å². The molecule has 0 aliphatic rings. The molecular formula is C19H27NO4. The summed E-state index contributed by atoms with van der Waals surface area (Å²) >= 11 is 0. The maximum Gasteiger partial charge on any atom is 0.329 e. The molecule has 0 heterocycles.